The van der Waals surface area contributed by atoms with Gasteiger partial charge in [-0.1, -0.05) is 13.0 Å². The van der Waals surface area contributed by atoms with Crippen LogP contribution < -0.4 is 5.32 Å². The fraction of sp³-hybridized carbons (Fsp3) is 0.571. The minimum absolute atomic E-state index is 0.169. The van der Waals surface area contributed by atoms with Crippen LogP contribution in [0.1, 0.15) is 25.3 Å². The van der Waals surface area contributed by atoms with Gasteiger partial charge in [-0.05, 0) is 31.2 Å². The van der Waals surface area contributed by atoms with Gasteiger partial charge in [0.1, 0.15) is 0 Å². The van der Waals surface area contributed by atoms with Gasteiger partial charge in [-0.25, -0.2) is 0 Å². The van der Waals surface area contributed by atoms with Crippen LogP contribution in [0.2, 0.25) is 0 Å². The minimum Gasteiger partial charge on any atom is -0.384 e. The lowest BCUT2D eigenvalue weighted by Crippen LogP contribution is -2.33. The summed E-state index contributed by atoms with van der Waals surface area (Å²) in [5.74, 6) is 0. The van der Waals surface area contributed by atoms with Crippen molar-refractivity contribution in [1.82, 2.24) is 0 Å². The van der Waals surface area contributed by atoms with Gasteiger partial charge in [0.15, 0.2) is 0 Å². The maximum Gasteiger partial charge on any atom is 0.274 e. The van der Waals surface area contributed by atoms with E-state index < -0.39 is 0 Å². The Morgan fingerprint density at radius 3 is 2.74 bits per heavy atom. The van der Waals surface area contributed by atoms with E-state index in [1.54, 1.807) is 13.0 Å². The molecular weight excluding hydrogens is 244 g/mol. The van der Waals surface area contributed by atoms with Crippen molar-refractivity contribution < 1.29 is 9.66 Å². The minimum atomic E-state index is -0.337. The summed E-state index contributed by atoms with van der Waals surface area (Å²) in [6, 6.07) is 5.15. The number of ether oxygens (including phenoxy) is 1. The van der Waals surface area contributed by atoms with Crippen LogP contribution >= 0.6 is 0 Å². The highest BCUT2D eigenvalue weighted by Gasteiger charge is 2.27. The number of nitrogens with zero attached hydrogens (tertiary/aromatic N) is 1. The molecule has 0 saturated carbocycles. The Bertz CT molecular complexity index is 468. The van der Waals surface area contributed by atoms with Crippen LogP contribution in [0.3, 0.4) is 0 Å². The highest BCUT2D eigenvalue weighted by molar-refractivity contribution is 5.59. The van der Waals surface area contributed by atoms with Crippen molar-refractivity contribution in [3.05, 3.63) is 33.9 Å². The highest BCUT2D eigenvalue weighted by atomic mass is 16.6. The molecule has 1 aromatic rings. The van der Waals surface area contributed by atoms with Gasteiger partial charge in [-0.3, -0.25) is 10.1 Å². The maximum absolute atomic E-state index is 10.9. The molecule has 0 unspecified atom stereocenters. The molecule has 0 aromatic heterocycles. The normalized spacial score (nSPS) is 18.0. The quantitative estimate of drug-likeness (QED) is 0.670. The van der Waals surface area contributed by atoms with E-state index in [1.807, 2.05) is 6.07 Å². The molecule has 104 valence electrons. The summed E-state index contributed by atoms with van der Waals surface area (Å²) in [7, 11) is 0. The van der Waals surface area contributed by atoms with Gasteiger partial charge in [0.2, 0.25) is 0 Å². The Labute approximate surface area is 113 Å². The number of hydrogen-bond acceptors (Lipinski definition) is 4. The lowest BCUT2D eigenvalue weighted by Gasteiger charge is -2.34. The van der Waals surface area contributed by atoms with Gasteiger partial charge in [-0.15, -0.1) is 0 Å². The molecule has 1 aliphatic heterocycles. The number of benzene rings is 1. The van der Waals surface area contributed by atoms with Crippen LogP contribution in [0.5, 0.6) is 0 Å². The van der Waals surface area contributed by atoms with Gasteiger partial charge < -0.3 is 10.1 Å². The maximum atomic E-state index is 10.9. The average molecular weight is 264 g/mol. The molecule has 0 spiro atoms. The molecule has 5 heteroatoms. The average Bonchev–Trinajstić information content (AvgIpc) is 2.38. The van der Waals surface area contributed by atoms with Crippen molar-refractivity contribution in [2.75, 3.05) is 25.1 Å². The second kappa shape index (κ2) is 5.57. The van der Waals surface area contributed by atoms with Crippen molar-refractivity contribution in [1.29, 1.82) is 0 Å². The highest BCUT2D eigenvalue weighted by Crippen LogP contribution is 2.31. The van der Waals surface area contributed by atoms with Crippen molar-refractivity contribution >= 4 is 11.4 Å². The van der Waals surface area contributed by atoms with Crippen LogP contribution in [-0.4, -0.2) is 24.7 Å². The first kappa shape index (κ1) is 13.8. The van der Waals surface area contributed by atoms with Gasteiger partial charge in [0.25, 0.3) is 5.69 Å². The molecule has 0 atom stereocenters. The molecular formula is C14H20N2O3. The Morgan fingerprint density at radius 2 is 2.11 bits per heavy atom. The molecule has 0 radical (unpaired) electrons. The second-order valence-corrected chi connectivity index (χ2v) is 5.48. The van der Waals surface area contributed by atoms with Crippen LogP contribution in [0.15, 0.2) is 18.2 Å². The van der Waals surface area contributed by atoms with Crippen molar-refractivity contribution in [3.8, 4) is 0 Å². The third kappa shape index (κ3) is 3.23. The van der Waals surface area contributed by atoms with Crippen LogP contribution in [0.25, 0.3) is 0 Å². The zero-order chi connectivity index (χ0) is 13.9. The third-order valence-corrected chi connectivity index (χ3v) is 3.91. The van der Waals surface area contributed by atoms with Crippen molar-refractivity contribution in [2.45, 2.75) is 26.7 Å². The largest absolute Gasteiger partial charge is 0.384 e. The molecule has 0 bridgehead atoms. The Hall–Kier alpha value is -1.62. The summed E-state index contributed by atoms with van der Waals surface area (Å²) in [5, 5.41) is 14.3. The lowest BCUT2D eigenvalue weighted by molar-refractivity contribution is -0.385. The fourth-order valence-corrected chi connectivity index (χ4v) is 2.36. The van der Waals surface area contributed by atoms with Crippen LogP contribution in [0.4, 0.5) is 11.4 Å². The first-order valence-electron chi connectivity index (χ1n) is 6.57. The van der Waals surface area contributed by atoms with Gasteiger partial charge in [-0.2, -0.15) is 0 Å². The molecule has 5 nitrogen and oxygen atoms in total. The number of rotatable bonds is 4. The number of nitro benzene ring substituents is 1. The smallest absolute Gasteiger partial charge is 0.274 e. The van der Waals surface area contributed by atoms with Gasteiger partial charge in [0.05, 0.1) is 4.92 Å². The molecule has 1 aliphatic rings. The van der Waals surface area contributed by atoms with E-state index in [9.17, 15) is 10.1 Å². The van der Waals surface area contributed by atoms with Crippen LogP contribution in [-0.2, 0) is 4.74 Å². The van der Waals surface area contributed by atoms with E-state index in [0.29, 0.717) is 5.56 Å². The van der Waals surface area contributed by atoms with Crippen molar-refractivity contribution in [3.63, 3.8) is 0 Å². The molecule has 1 fully saturated rings. The predicted molar refractivity (Wildman–Crippen MR) is 74.5 cm³/mol. The van der Waals surface area contributed by atoms with E-state index in [0.717, 1.165) is 38.3 Å². The molecule has 1 heterocycles. The summed E-state index contributed by atoms with van der Waals surface area (Å²) in [5.41, 5.74) is 1.92. The zero-order valence-electron chi connectivity index (χ0n) is 11.4. The Balaban J connectivity index is 2.07. The molecule has 1 saturated heterocycles. The number of nitro groups is 1. The molecule has 0 aliphatic carbocycles. The van der Waals surface area contributed by atoms with E-state index >= 15 is 0 Å². The summed E-state index contributed by atoms with van der Waals surface area (Å²) >= 11 is 0. The lowest BCUT2D eigenvalue weighted by atomic mass is 9.82. The molecule has 0 amide bonds. The predicted octanol–water partition coefficient (Wildman–Crippen LogP) is 3.13. The topological polar surface area (TPSA) is 64.4 Å². The van der Waals surface area contributed by atoms with E-state index in [2.05, 4.69) is 12.2 Å². The first-order chi connectivity index (χ1) is 9.02. The Kier molecular flexibility index (Phi) is 4.04. The number of hydrogen-bond donors (Lipinski definition) is 1. The van der Waals surface area contributed by atoms with Gasteiger partial charge in [0, 0.05) is 37.1 Å². The SMILES string of the molecule is Cc1c(NCC2(C)CCOCC2)cccc1[N+](=O)[O-]. The third-order valence-electron chi connectivity index (χ3n) is 3.91. The monoisotopic (exact) mass is 264 g/mol. The zero-order valence-corrected chi connectivity index (χ0v) is 11.4. The summed E-state index contributed by atoms with van der Waals surface area (Å²) in [6.07, 6.45) is 2.04. The molecule has 1 aromatic carbocycles. The first-order valence-corrected chi connectivity index (χ1v) is 6.57. The van der Waals surface area contributed by atoms with Crippen molar-refractivity contribution in [2.24, 2.45) is 5.41 Å². The van der Waals surface area contributed by atoms with Gasteiger partial charge >= 0.3 is 0 Å². The van der Waals surface area contributed by atoms with E-state index in [1.165, 1.54) is 6.07 Å². The summed E-state index contributed by atoms with van der Waals surface area (Å²) in [4.78, 5) is 10.6. The fourth-order valence-electron chi connectivity index (χ4n) is 2.36. The summed E-state index contributed by atoms with van der Waals surface area (Å²) < 4.78 is 5.37. The molecule has 2 rings (SSSR count). The standard InChI is InChI=1S/C14H20N2O3/c1-11-12(4-3-5-13(11)16(17)18)15-10-14(2)6-8-19-9-7-14/h3-5,15H,6-10H2,1-2H3. The molecule has 19 heavy (non-hydrogen) atoms. The molecule has 1 N–H and O–H groups in total. The van der Waals surface area contributed by atoms with E-state index in [4.69, 9.17) is 4.74 Å². The van der Waals surface area contributed by atoms with Crippen LogP contribution in [0, 0.1) is 22.5 Å². The second-order valence-electron chi connectivity index (χ2n) is 5.48. The van der Waals surface area contributed by atoms with E-state index in [-0.39, 0.29) is 16.0 Å². The Morgan fingerprint density at radius 1 is 1.42 bits per heavy atom. The number of nitrogens with one attached hydrogen (secondary N) is 1. The summed E-state index contributed by atoms with van der Waals surface area (Å²) in [6.45, 7) is 6.43. The number of anilines is 1.